The fourth-order valence-electron chi connectivity index (χ4n) is 7.07. The summed E-state index contributed by atoms with van der Waals surface area (Å²) in [6, 6.07) is 7.06. The number of carbonyl (C=O) groups excluding carboxylic acids is 1. The second kappa shape index (κ2) is 11.0. The Bertz CT molecular complexity index is 1170. The molecule has 0 saturated carbocycles. The average molecular weight is 587 g/mol. The first-order chi connectivity index (χ1) is 19.7. The Morgan fingerprint density at radius 2 is 2.05 bits per heavy atom. The summed E-state index contributed by atoms with van der Waals surface area (Å²) >= 11 is 3.79. The summed E-state index contributed by atoms with van der Waals surface area (Å²) in [5.74, 6) is 0.397. The van der Waals surface area contributed by atoms with Crippen molar-refractivity contribution in [3.05, 3.63) is 40.4 Å². The van der Waals surface area contributed by atoms with Gasteiger partial charge in [-0.3, -0.25) is 25.6 Å². The molecule has 5 fully saturated rings. The number of anilines is 1. The van der Waals surface area contributed by atoms with E-state index in [9.17, 15) is 4.79 Å². The van der Waals surface area contributed by atoms with E-state index in [4.69, 9.17) is 9.47 Å². The summed E-state index contributed by atoms with van der Waals surface area (Å²) < 4.78 is 11.6. The lowest BCUT2D eigenvalue weighted by atomic mass is 10.0. The van der Waals surface area contributed by atoms with Gasteiger partial charge in [-0.05, 0) is 17.2 Å². The van der Waals surface area contributed by atoms with Gasteiger partial charge >= 0.3 is 0 Å². The molecule has 8 unspecified atom stereocenters. The first-order valence-corrected chi connectivity index (χ1v) is 16.4. The van der Waals surface area contributed by atoms with Crippen LogP contribution in [-0.2, 0) is 20.8 Å². The molecule has 1 aromatic rings. The summed E-state index contributed by atoms with van der Waals surface area (Å²) in [5.41, 5.74) is 10.3. The van der Waals surface area contributed by atoms with Gasteiger partial charge in [-0.15, -0.1) is 23.5 Å². The number of hydrazine groups is 1. The summed E-state index contributed by atoms with van der Waals surface area (Å²) in [4.78, 5) is 17.9. The molecule has 1 aromatic carbocycles. The predicted octanol–water partition coefficient (Wildman–Crippen LogP) is -0.230. The lowest BCUT2D eigenvalue weighted by Crippen LogP contribution is -2.66. The molecule has 0 aromatic heterocycles. The lowest BCUT2D eigenvalue weighted by molar-refractivity contribution is -0.123. The van der Waals surface area contributed by atoms with Crippen molar-refractivity contribution < 1.29 is 14.3 Å². The summed E-state index contributed by atoms with van der Waals surface area (Å²) in [6.07, 6.45) is 1.88. The Labute approximate surface area is 243 Å². The number of fused-ring (bicyclic) bond motifs is 3. The highest BCUT2D eigenvalue weighted by Gasteiger charge is 2.50. The number of hydrogen-bond donors (Lipinski definition) is 6. The van der Waals surface area contributed by atoms with Gasteiger partial charge in [0, 0.05) is 63.8 Å². The Hall–Kier alpha value is -1.39. The number of morpholine rings is 1. The maximum atomic E-state index is 13.0. The zero-order chi connectivity index (χ0) is 26.6. The van der Waals surface area contributed by atoms with Crippen LogP contribution in [0.5, 0.6) is 0 Å². The van der Waals surface area contributed by atoms with Crippen LogP contribution in [0.2, 0.25) is 0 Å². The SMILES string of the molecule is O=C1C=C(N2CCOCC2)SC2C1OCC2C1NCC(NC2NC(c3ccc4c(c3)NNC4)CN3CCNC23)S1. The van der Waals surface area contributed by atoms with E-state index in [1.807, 2.05) is 23.5 Å². The van der Waals surface area contributed by atoms with Crippen molar-refractivity contribution in [3.63, 3.8) is 0 Å². The van der Waals surface area contributed by atoms with Crippen LogP contribution in [-0.4, -0.2) is 109 Å². The minimum atomic E-state index is -0.330. The Morgan fingerprint density at radius 3 is 2.98 bits per heavy atom. The number of ether oxygens (including phenoxy) is 2. The molecule has 6 N–H and O–H groups in total. The fraction of sp³-hybridized carbons (Fsp3) is 0.667. The van der Waals surface area contributed by atoms with Crippen LogP contribution in [0.1, 0.15) is 17.2 Å². The third-order valence-electron chi connectivity index (χ3n) is 9.18. The van der Waals surface area contributed by atoms with Crippen LogP contribution in [0.15, 0.2) is 29.3 Å². The minimum Gasteiger partial charge on any atom is -0.378 e. The number of thioether (sulfide) groups is 2. The molecule has 8 rings (SSSR count). The first kappa shape index (κ1) is 26.3. The van der Waals surface area contributed by atoms with E-state index in [1.165, 1.54) is 16.8 Å². The quantitative estimate of drug-likeness (QED) is 0.273. The molecule has 5 saturated heterocycles. The molecular weight excluding hydrogens is 548 g/mol. The molecule has 13 heteroatoms. The molecule has 7 aliphatic heterocycles. The highest BCUT2D eigenvalue weighted by Crippen LogP contribution is 2.45. The van der Waals surface area contributed by atoms with E-state index in [1.54, 1.807) is 6.08 Å². The Kier molecular flexibility index (Phi) is 7.24. The van der Waals surface area contributed by atoms with E-state index in [0.717, 1.165) is 64.1 Å². The molecule has 7 heterocycles. The van der Waals surface area contributed by atoms with E-state index < -0.39 is 0 Å². The molecule has 216 valence electrons. The van der Waals surface area contributed by atoms with Gasteiger partial charge in [0.1, 0.15) is 6.10 Å². The van der Waals surface area contributed by atoms with Gasteiger partial charge in [-0.1, -0.05) is 12.1 Å². The molecule has 0 amide bonds. The second-order valence-corrected chi connectivity index (χ2v) is 14.1. The zero-order valence-electron chi connectivity index (χ0n) is 22.4. The largest absolute Gasteiger partial charge is 0.378 e. The van der Waals surface area contributed by atoms with E-state index in [2.05, 4.69) is 60.1 Å². The van der Waals surface area contributed by atoms with Gasteiger partial charge in [-0.2, -0.15) is 0 Å². The molecule has 40 heavy (non-hydrogen) atoms. The predicted molar refractivity (Wildman–Crippen MR) is 156 cm³/mol. The number of hydrogen-bond acceptors (Lipinski definition) is 13. The second-order valence-electron chi connectivity index (χ2n) is 11.6. The number of nitrogens with zero attached hydrogens (tertiary/aromatic N) is 2. The third-order valence-corrected chi connectivity index (χ3v) is 12.1. The van der Waals surface area contributed by atoms with Gasteiger partial charge in [0.05, 0.1) is 58.9 Å². The molecule has 11 nitrogen and oxygen atoms in total. The van der Waals surface area contributed by atoms with Crippen LogP contribution >= 0.6 is 23.5 Å². The molecule has 8 atom stereocenters. The van der Waals surface area contributed by atoms with Gasteiger partial charge in [-0.25, -0.2) is 5.43 Å². The first-order valence-electron chi connectivity index (χ1n) is 14.6. The van der Waals surface area contributed by atoms with Crippen LogP contribution in [0, 0.1) is 5.92 Å². The van der Waals surface area contributed by atoms with Crippen LogP contribution in [0.4, 0.5) is 5.69 Å². The maximum Gasteiger partial charge on any atom is 0.188 e. The monoisotopic (exact) mass is 586 g/mol. The number of nitrogens with one attached hydrogen (secondary N) is 6. The molecule has 0 radical (unpaired) electrons. The van der Waals surface area contributed by atoms with Crippen LogP contribution < -0.4 is 32.1 Å². The molecule has 7 aliphatic rings. The summed E-state index contributed by atoms with van der Waals surface area (Å²) in [5, 5.41) is 17.1. The van der Waals surface area contributed by atoms with Crippen molar-refractivity contribution in [3.8, 4) is 0 Å². The van der Waals surface area contributed by atoms with Crippen molar-refractivity contribution in [1.29, 1.82) is 0 Å². The van der Waals surface area contributed by atoms with Crippen LogP contribution in [0.25, 0.3) is 0 Å². The number of rotatable bonds is 5. The molecular formula is C27H38N8O3S2. The van der Waals surface area contributed by atoms with Gasteiger partial charge in [0.25, 0.3) is 0 Å². The van der Waals surface area contributed by atoms with Crippen LogP contribution in [0.3, 0.4) is 0 Å². The highest BCUT2D eigenvalue weighted by atomic mass is 32.2. The van der Waals surface area contributed by atoms with Gasteiger partial charge < -0.3 is 25.1 Å². The number of ketones is 1. The Balaban J connectivity index is 0.930. The van der Waals surface area contributed by atoms with Gasteiger partial charge in [0.15, 0.2) is 5.78 Å². The number of piperazine rings is 1. The highest BCUT2D eigenvalue weighted by molar-refractivity contribution is 8.04. The normalized spacial score (nSPS) is 39.5. The van der Waals surface area contributed by atoms with Gasteiger partial charge in [0.2, 0.25) is 0 Å². The number of benzene rings is 1. The van der Waals surface area contributed by atoms with Crippen molar-refractivity contribution in [2.45, 2.75) is 47.0 Å². The van der Waals surface area contributed by atoms with E-state index in [0.29, 0.717) is 6.61 Å². The van der Waals surface area contributed by atoms with Crippen molar-refractivity contribution in [2.24, 2.45) is 5.92 Å². The maximum absolute atomic E-state index is 13.0. The fourth-order valence-corrected chi connectivity index (χ4v) is 10.1. The Morgan fingerprint density at radius 1 is 1.12 bits per heavy atom. The lowest BCUT2D eigenvalue weighted by Gasteiger charge is -2.43. The topological polar surface area (TPSA) is 114 Å². The minimum absolute atomic E-state index is 0.118. The zero-order valence-corrected chi connectivity index (χ0v) is 24.1. The summed E-state index contributed by atoms with van der Waals surface area (Å²) in [7, 11) is 0. The molecule has 0 aliphatic carbocycles. The van der Waals surface area contributed by atoms with E-state index in [-0.39, 0.29) is 52.2 Å². The standard InChI is InChI=1S/C27H38N8O3S2/c36-20-10-22(34-5-7-37-8-6-34)40-24-17(14-38-23(20)24)27-29-12-21(39-27)32-25-26-28-3-4-35(26)13-19(31-25)15-1-2-16-11-30-33-18(16)9-15/h1-2,9-10,17,19,21,23-33H,3-8,11-14H2. The molecule has 0 spiro atoms. The molecule has 0 bridgehead atoms. The van der Waals surface area contributed by atoms with E-state index >= 15 is 0 Å². The smallest absolute Gasteiger partial charge is 0.188 e. The third kappa shape index (κ3) is 4.87. The van der Waals surface area contributed by atoms with Crippen molar-refractivity contribution >= 4 is 35.0 Å². The average Bonchev–Trinajstić information content (AvgIpc) is 3.79. The summed E-state index contributed by atoms with van der Waals surface area (Å²) in [6.45, 7) is 8.58. The van der Waals surface area contributed by atoms with Crippen molar-refractivity contribution in [2.75, 3.05) is 64.5 Å². The number of carbonyl (C=O) groups is 1. The van der Waals surface area contributed by atoms with Crippen molar-refractivity contribution in [1.82, 2.24) is 36.5 Å².